The standard InChI is InChI=1S/C15H22N2O/c1-5-6-12(2)17(3)11-13-7-8-14(10-16)15(9-13)18-4/h7-9,12H,5-6,11H2,1-4H3. The van der Waals surface area contributed by atoms with Crippen molar-refractivity contribution in [2.75, 3.05) is 14.2 Å². The fraction of sp³-hybridized carbons (Fsp3) is 0.533. The lowest BCUT2D eigenvalue weighted by molar-refractivity contribution is 0.236. The van der Waals surface area contributed by atoms with Gasteiger partial charge in [-0.3, -0.25) is 4.90 Å². The lowest BCUT2D eigenvalue weighted by atomic mass is 10.1. The SMILES string of the molecule is CCCC(C)N(C)Cc1ccc(C#N)c(OC)c1. The van der Waals surface area contributed by atoms with Gasteiger partial charge >= 0.3 is 0 Å². The quantitative estimate of drug-likeness (QED) is 0.773. The molecule has 0 saturated carbocycles. The molecule has 98 valence electrons. The number of ether oxygens (including phenoxy) is 1. The molecule has 0 aliphatic carbocycles. The summed E-state index contributed by atoms with van der Waals surface area (Å²) in [4.78, 5) is 2.32. The third-order valence-electron chi connectivity index (χ3n) is 3.28. The predicted octanol–water partition coefficient (Wildman–Crippen LogP) is 3.19. The third-order valence-corrected chi connectivity index (χ3v) is 3.28. The van der Waals surface area contributed by atoms with Crippen molar-refractivity contribution < 1.29 is 4.74 Å². The van der Waals surface area contributed by atoms with E-state index in [0.717, 1.165) is 6.54 Å². The lowest BCUT2D eigenvalue weighted by Crippen LogP contribution is -2.28. The topological polar surface area (TPSA) is 36.3 Å². The molecule has 0 heterocycles. The maximum Gasteiger partial charge on any atom is 0.136 e. The van der Waals surface area contributed by atoms with Gasteiger partial charge < -0.3 is 4.74 Å². The highest BCUT2D eigenvalue weighted by molar-refractivity contribution is 5.45. The zero-order valence-electron chi connectivity index (χ0n) is 11.7. The van der Waals surface area contributed by atoms with Crippen LogP contribution in [0.3, 0.4) is 0 Å². The van der Waals surface area contributed by atoms with Crippen LogP contribution in [0.15, 0.2) is 18.2 Å². The fourth-order valence-electron chi connectivity index (χ4n) is 2.01. The molecule has 1 aromatic rings. The monoisotopic (exact) mass is 246 g/mol. The summed E-state index contributed by atoms with van der Waals surface area (Å²) in [5, 5.41) is 8.94. The van der Waals surface area contributed by atoms with E-state index in [-0.39, 0.29) is 0 Å². The van der Waals surface area contributed by atoms with Gasteiger partial charge in [-0.25, -0.2) is 0 Å². The normalized spacial score (nSPS) is 12.2. The van der Waals surface area contributed by atoms with Crippen LogP contribution in [0, 0.1) is 11.3 Å². The number of hydrogen-bond acceptors (Lipinski definition) is 3. The largest absolute Gasteiger partial charge is 0.495 e. The van der Waals surface area contributed by atoms with E-state index < -0.39 is 0 Å². The van der Waals surface area contributed by atoms with E-state index in [9.17, 15) is 0 Å². The number of rotatable bonds is 6. The summed E-state index contributed by atoms with van der Waals surface area (Å²) >= 11 is 0. The van der Waals surface area contributed by atoms with Gasteiger partial charge in [0.2, 0.25) is 0 Å². The van der Waals surface area contributed by atoms with Crippen LogP contribution in [0.25, 0.3) is 0 Å². The summed E-state index contributed by atoms with van der Waals surface area (Å²) in [6, 6.07) is 8.47. The molecule has 0 N–H and O–H groups in total. The Morgan fingerprint density at radius 1 is 1.44 bits per heavy atom. The molecule has 0 aromatic heterocycles. The van der Waals surface area contributed by atoms with E-state index in [1.807, 2.05) is 18.2 Å². The van der Waals surface area contributed by atoms with Crippen LogP contribution in [-0.2, 0) is 6.54 Å². The summed E-state index contributed by atoms with van der Waals surface area (Å²) < 4.78 is 5.23. The molecule has 3 nitrogen and oxygen atoms in total. The minimum Gasteiger partial charge on any atom is -0.495 e. The Hall–Kier alpha value is -1.53. The van der Waals surface area contributed by atoms with Gasteiger partial charge in [-0.15, -0.1) is 0 Å². The highest BCUT2D eigenvalue weighted by Crippen LogP contribution is 2.20. The van der Waals surface area contributed by atoms with Gasteiger partial charge in [-0.1, -0.05) is 19.4 Å². The Balaban J connectivity index is 2.76. The maximum absolute atomic E-state index is 8.94. The van der Waals surface area contributed by atoms with Gasteiger partial charge in [-0.2, -0.15) is 5.26 Å². The zero-order chi connectivity index (χ0) is 13.5. The third kappa shape index (κ3) is 3.75. The molecule has 0 fully saturated rings. The molecule has 0 spiro atoms. The molecule has 1 rings (SSSR count). The van der Waals surface area contributed by atoms with Crippen LogP contribution in [-0.4, -0.2) is 25.1 Å². The number of nitrogens with zero attached hydrogens (tertiary/aromatic N) is 2. The highest BCUT2D eigenvalue weighted by atomic mass is 16.5. The molecule has 3 heteroatoms. The molecule has 1 aromatic carbocycles. The summed E-state index contributed by atoms with van der Waals surface area (Å²) in [6.45, 7) is 5.32. The Morgan fingerprint density at radius 3 is 2.72 bits per heavy atom. The molecular weight excluding hydrogens is 224 g/mol. The number of hydrogen-bond donors (Lipinski definition) is 0. The van der Waals surface area contributed by atoms with Crippen LogP contribution < -0.4 is 4.74 Å². The van der Waals surface area contributed by atoms with E-state index in [1.54, 1.807) is 7.11 Å². The van der Waals surface area contributed by atoms with Gasteiger partial charge in [0, 0.05) is 12.6 Å². The van der Waals surface area contributed by atoms with Gasteiger partial charge in [0.05, 0.1) is 12.7 Å². The molecule has 0 aliphatic rings. The van der Waals surface area contributed by atoms with Gasteiger partial charge in [0.15, 0.2) is 0 Å². The van der Waals surface area contributed by atoms with Gasteiger partial charge in [-0.05, 0) is 38.1 Å². The number of benzene rings is 1. The molecule has 0 bridgehead atoms. The van der Waals surface area contributed by atoms with E-state index in [2.05, 4.69) is 31.9 Å². The van der Waals surface area contributed by atoms with Crippen molar-refractivity contribution in [1.82, 2.24) is 4.90 Å². The summed E-state index contributed by atoms with van der Waals surface area (Å²) in [5.41, 5.74) is 1.77. The number of nitriles is 1. The van der Waals surface area contributed by atoms with E-state index in [0.29, 0.717) is 17.4 Å². The molecular formula is C15H22N2O. The summed E-state index contributed by atoms with van der Waals surface area (Å²) in [7, 11) is 3.73. The second-order valence-electron chi connectivity index (χ2n) is 4.70. The molecule has 18 heavy (non-hydrogen) atoms. The van der Waals surface area contributed by atoms with Crippen molar-refractivity contribution in [3.05, 3.63) is 29.3 Å². The Labute approximate surface area is 110 Å². The van der Waals surface area contributed by atoms with Gasteiger partial charge in [0.1, 0.15) is 11.8 Å². The van der Waals surface area contributed by atoms with Crippen molar-refractivity contribution >= 4 is 0 Å². The van der Waals surface area contributed by atoms with E-state index in [1.165, 1.54) is 18.4 Å². The highest BCUT2D eigenvalue weighted by Gasteiger charge is 2.10. The van der Waals surface area contributed by atoms with Crippen LogP contribution >= 0.6 is 0 Å². The molecule has 0 amide bonds. The van der Waals surface area contributed by atoms with Crippen LogP contribution in [0.4, 0.5) is 0 Å². The molecule has 0 aliphatic heterocycles. The summed E-state index contributed by atoms with van der Waals surface area (Å²) in [6.07, 6.45) is 2.39. The molecule has 0 saturated heterocycles. The average Bonchev–Trinajstić information content (AvgIpc) is 2.38. The van der Waals surface area contributed by atoms with Crippen molar-refractivity contribution in [1.29, 1.82) is 5.26 Å². The van der Waals surface area contributed by atoms with E-state index >= 15 is 0 Å². The second-order valence-corrected chi connectivity index (χ2v) is 4.70. The molecule has 1 unspecified atom stereocenters. The zero-order valence-corrected chi connectivity index (χ0v) is 11.7. The molecule has 1 atom stereocenters. The first-order chi connectivity index (χ1) is 8.62. The predicted molar refractivity (Wildman–Crippen MR) is 73.5 cm³/mol. The van der Waals surface area contributed by atoms with E-state index in [4.69, 9.17) is 10.00 Å². The Morgan fingerprint density at radius 2 is 2.17 bits per heavy atom. The minimum atomic E-state index is 0.566. The van der Waals surface area contributed by atoms with Crippen molar-refractivity contribution in [3.8, 4) is 11.8 Å². The van der Waals surface area contributed by atoms with Crippen LogP contribution in [0.2, 0.25) is 0 Å². The first-order valence-corrected chi connectivity index (χ1v) is 6.39. The van der Waals surface area contributed by atoms with Crippen molar-refractivity contribution in [2.45, 2.75) is 39.3 Å². The first kappa shape index (κ1) is 14.5. The fourth-order valence-corrected chi connectivity index (χ4v) is 2.01. The first-order valence-electron chi connectivity index (χ1n) is 6.39. The smallest absolute Gasteiger partial charge is 0.136 e. The lowest BCUT2D eigenvalue weighted by Gasteiger charge is -2.24. The van der Waals surface area contributed by atoms with Gasteiger partial charge in [0.25, 0.3) is 0 Å². The van der Waals surface area contributed by atoms with Crippen molar-refractivity contribution in [3.63, 3.8) is 0 Å². The number of methoxy groups -OCH3 is 1. The Kier molecular flexibility index (Phi) is 5.67. The van der Waals surface area contributed by atoms with Crippen molar-refractivity contribution in [2.24, 2.45) is 0 Å². The van der Waals surface area contributed by atoms with Crippen LogP contribution in [0.1, 0.15) is 37.8 Å². The summed E-state index contributed by atoms with van der Waals surface area (Å²) in [5.74, 6) is 0.659. The average molecular weight is 246 g/mol. The molecule has 0 radical (unpaired) electrons. The minimum absolute atomic E-state index is 0.566. The Bertz CT molecular complexity index is 423. The second kappa shape index (κ2) is 7.03. The van der Waals surface area contributed by atoms with Crippen LogP contribution in [0.5, 0.6) is 5.75 Å². The maximum atomic E-state index is 8.94.